The van der Waals surface area contributed by atoms with E-state index in [2.05, 4.69) is 125 Å². The topological polar surface area (TPSA) is 0 Å². The molecule has 1 unspecified atom stereocenters. The first-order valence-electron chi connectivity index (χ1n) is 12.3. The summed E-state index contributed by atoms with van der Waals surface area (Å²) in [5.74, 6) is 0.887. The predicted octanol–water partition coefficient (Wildman–Crippen LogP) is 7.26. The molecule has 1 heteroatoms. The van der Waals surface area contributed by atoms with Crippen LogP contribution in [0, 0.1) is 11.3 Å². The number of allylic oxidation sites excluding steroid dienone is 2. The molecule has 168 valence electrons. The van der Waals surface area contributed by atoms with Crippen LogP contribution in [0.2, 0.25) is 0 Å². The van der Waals surface area contributed by atoms with Crippen molar-refractivity contribution in [2.45, 2.75) is 59.0 Å². The summed E-state index contributed by atoms with van der Waals surface area (Å²) in [5.41, 5.74) is 2.53. The molecule has 0 spiro atoms. The predicted molar refractivity (Wildman–Crippen MR) is 146 cm³/mol. The van der Waals surface area contributed by atoms with Crippen LogP contribution in [0.3, 0.4) is 0 Å². The molecule has 3 aromatic carbocycles. The van der Waals surface area contributed by atoms with Gasteiger partial charge in [-0.25, -0.2) is 0 Å². The van der Waals surface area contributed by atoms with E-state index in [1.807, 2.05) is 0 Å². The molecule has 1 fully saturated rings. The molecule has 32 heavy (non-hydrogen) atoms. The van der Waals surface area contributed by atoms with Gasteiger partial charge in [0.15, 0.2) is 0 Å². The van der Waals surface area contributed by atoms with Crippen LogP contribution in [0.15, 0.2) is 103 Å². The van der Waals surface area contributed by atoms with E-state index >= 15 is 0 Å². The summed E-state index contributed by atoms with van der Waals surface area (Å²) in [4.78, 5) is 0. The third-order valence-electron chi connectivity index (χ3n) is 7.45. The SMILES string of the molecule is CC1CC(=CCC(C)(C)CC(C)[PH](c2ccccc2)(c2ccccc2)c2ccccc2)C1. The molecule has 0 N–H and O–H groups in total. The second-order valence-electron chi connectivity index (χ2n) is 10.8. The van der Waals surface area contributed by atoms with Crippen molar-refractivity contribution in [3.05, 3.63) is 103 Å². The molecule has 0 amide bonds. The van der Waals surface area contributed by atoms with E-state index in [4.69, 9.17) is 0 Å². The number of rotatable bonds is 8. The molecular weight excluding hydrogens is 403 g/mol. The van der Waals surface area contributed by atoms with Crippen molar-refractivity contribution < 1.29 is 0 Å². The Kier molecular flexibility index (Phi) is 7.02. The Bertz CT molecular complexity index is 913. The van der Waals surface area contributed by atoms with Gasteiger partial charge in [-0.2, -0.15) is 0 Å². The third-order valence-corrected chi connectivity index (χ3v) is 12.9. The maximum atomic E-state index is 2.56. The van der Waals surface area contributed by atoms with Crippen LogP contribution in [-0.2, 0) is 0 Å². The zero-order chi connectivity index (χ0) is 22.6. The molecule has 0 nitrogen and oxygen atoms in total. The molecule has 0 bridgehead atoms. The Morgan fingerprint density at radius 1 is 0.781 bits per heavy atom. The Morgan fingerprint density at radius 3 is 1.56 bits per heavy atom. The van der Waals surface area contributed by atoms with Gasteiger partial charge in [-0.05, 0) is 0 Å². The normalized spacial score (nSPS) is 18.0. The first kappa shape index (κ1) is 23.0. The maximum absolute atomic E-state index is 2.56. The van der Waals surface area contributed by atoms with Gasteiger partial charge in [-0.15, -0.1) is 0 Å². The van der Waals surface area contributed by atoms with Crippen molar-refractivity contribution in [3.8, 4) is 0 Å². The number of hydrogen-bond acceptors (Lipinski definition) is 0. The van der Waals surface area contributed by atoms with E-state index in [-0.39, 0.29) is 5.41 Å². The zero-order valence-corrected chi connectivity index (χ0v) is 21.2. The fourth-order valence-electron chi connectivity index (χ4n) is 5.94. The fraction of sp³-hybridized carbons (Fsp3) is 0.355. The van der Waals surface area contributed by atoms with E-state index < -0.39 is 7.26 Å². The van der Waals surface area contributed by atoms with Crippen LogP contribution >= 0.6 is 7.26 Å². The summed E-state index contributed by atoms with van der Waals surface area (Å²) >= 11 is 0. The quantitative estimate of drug-likeness (QED) is 0.254. The van der Waals surface area contributed by atoms with E-state index in [0.29, 0.717) is 5.66 Å². The standard InChI is InChI=1S/C31H39P/c1-25-22-27(23-25)20-21-31(3,4)24-26(2)32(28-14-8-5-9-15-28,29-16-10-6-11-17-29)30-18-12-7-13-19-30/h5-20,25-26,32H,21-24H2,1-4H3. The first-order valence-corrected chi connectivity index (χ1v) is 14.3. The van der Waals surface area contributed by atoms with Crippen LogP contribution in [0.1, 0.15) is 53.4 Å². The van der Waals surface area contributed by atoms with Gasteiger partial charge in [0.2, 0.25) is 0 Å². The second kappa shape index (κ2) is 9.76. The summed E-state index contributed by atoms with van der Waals surface area (Å²) in [5, 5.41) is 4.56. The first-order chi connectivity index (χ1) is 15.4. The summed E-state index contributed by atoms with van der Waals surface area (Å²) in [6.45, 7) is 9.84. The van der Waals surface area contributed by atoms with Crippen LogP contribution < -0.4 is 15.9 Å². The van der Waals surface area contributed by atoms with Gasteiger partial charge in [0.05, 0.1) is 0 Å². The van der Waals surface area contributed by atoms with Crippen LogP contribution in [0.5, 0.6) is 0 Å². The van der Waals surface area contributed by atoms with Crippen molar-refractivity contribution in [2.75, 3.05) is 0 Å². The van der Waals surface area contributed by atoms with Gasteiger partial charge in [0, 0.05) is 0 Å². The molecule has 1 aliphatic rings. The van der Waals surface area contributed by atoms with Crippen LogP contribution in [-0.4, -0.2) is 5.66 Å². The van der Waals surface area contributed by atoms with Crippen molar-refractivity contribution in [2.24, 2.45) is 11.3 Å². The number of benzene rings is 3. The van der Waals surface area contributed by atoms with Crippen LogP contribution in [0.4, 0.5) is 0 Å². The Hall–Kier alpha value is -2.17. The van der Waals surface area contributed by atoms with Crippen LogP contribution in [0.25, 0.3) is 0 Å². The summed E-state index contributed by atoms with van der Waals surface area (Å²) in [7, 11) is -2.22. The molecule has 0 aliphatic heterocycles. The second-order valence-corrected chi connectivity index (χ2v) is 15.1. The minimum atomic E-state index is -2.22. The average molecular weight is 443 g/mol. The van der Waals surface area contributed by atoms with E-state index in [0.717, 1.165) is 5.92 Å². The molecule has 0 radical (unpaired) electrons. The monoisotopic (exact) mass is 442 g/mol. The molecule has 0 aromatic heterocycles. The van der Waals surface area contributed by atoms with Gasteiger partial charge < -0.3 is 0 Å². The van der Waals surface area contributed by atoms with Crippen molar-refractivity contribution >= 4 is 23.2 Å². The Balaban J connectivity index is 1.77. The van der Waals surface area contributed by atoms with Crippen molar-refractivity contribution in [1.82, 2.24) is 0 Å². The Labute approximate surface area is 196 Å². The summed E-state index contributed by atoms with van der Waals surface area (Å²) < 4.78 is 0. The minimum absolute atomic E-state index is 0.280. The average Bonchev–Trinajstić information content (AvgIpc) is 2.78. The Morgan fingerprint density at radius 2 is 1.19 bits per heavy atom. The summed E-state index contributed by atoms with van der Waals surface area (Å²) in [6, 6.07) is 34.1. The van der Waals surface area contributed by atoms with Gasteiger partial charge in [0.25, 0.3) is 0 Å². The molecule has 0 saturated heterocycles. The molecule has 1 saturated carbocycles. The van der Waals surface area contributed by atoms with Gasteiger partial charge >= 0.3 is 196 Å². The van der Waals surface area contributed by atoms with Crippen molar-refractivity contribution in [3.63, 3.8) is 0 Å². The van der Waals surface area contributed by atoms with Gasteiger partial charge in [0.1, 0.15) is 0 Å². The molecule has 1 atom stereocenters. The molecule has 4 rings (SSSR count). The third kappa shape index (κ3) is 4.77. The zero-order valence-electron chi connectivity index (χ0n) is 20.2. The van der Waals surface area contributed by atoms with Gasteiger partial charge in [-0.3, -0.25) is 0 Å². The molecule has 3 aromatic rings. The van der Waals surface area contributed by atoms with E-state index in [1.165, 1.54) is 41.6 Å². The summed E-state index contributed by atoms with van der Waals surface area (Å²) in [6.07, 6.45) is 7.58. The van der Waals surface area contributed by atoms with Crippen molar-refractivity contribution in [1.29, 1.82) is 0 Å². The van der Waals surface area contributed by atoms with Gasteiger partial charge in [-0.1, -0.05) is 0 Å². The molecular formula is C31H39P. The molecule has 0 heterocycles. The van der Waals surface area contributed by atoms with E-state index in [1.54, 1.807) is 5.57 Å². The number of hydrogen-bond donors (Lipinski definition) is 0. The fourth-order valence-corrected chi connectivity index (χ4v) is 11.7. The van der Waals surface area contributed by atoms with E-state index in [9.17, 15) is 0 Å². The molecule has 1 aliphatic carbocycles.